The number of halogens is 3. The molecule has 0 aliphatic rings. The molecule has 0 fully saturated rings. The number of hydrogen-bond acceptors (Lipinski definition) is 5. The highest BCUT2D eigenvalue weighted by Crippen LogP contribution is 2.33. The Bertz CT molecular complexity index is 632. The van der Waals surface area contributed by atoms with Gasteiger partial charge in [-0.05, 0) is 11.1 Å². The van der Waals surface area contributed by atoms with Crippen molar-refractivity contribution in [2.45, 2.75) is 9.79 Å². The Kier molecular flexibility index (Phi) is 4.00. The van der Waals surface area contributed by atoms with Crippen molar-refractivity contribution in [2.24, 2.45) is 5.14 Å². The van der Waals surface area contributed by atoms with Crippen LogP contribution in [0.1, 0.15) is 0 Å². The number of sulfonamides is 1. The van der Waals surface area contributed by atoms with Crippen molar-refractivity contribution < 1.29 is 30.4 Å². The molecule has 3 N–H and O–H groups in total. The van der Waals surface area contributed by atoms with Gasteiger partial charge in [-0.2, -0.15) is 0 Å². The number of nitrogens with one attached hydrogen (secondary N) is 1. The molecule has 0 radical (unpaired) electrons. The highest BCUT2D eigenvalue weighted by atomic mass is 32.2. The van der Waals surface area contributed by atoms with Gasteiger partial charge in [0.1, 0.15) is 0 Å². The predicted molar refractivity (Wildman–Crippen MR) is 54.4 cm³/mol. The summed E-state index contributed by atoms with van der Waals surface area (Å²) < 4.78 is 83.5. The van der Waals surface area contributed by atoms with Crippen LogP contribution < -0.4 is 10.5 Å². The number of nitrogens with two attached hydrogens (primary N) is 1. The average molecular weight is 303 g/mol. The number of hydrogen-bond donors (Lipinski definition) is 2. The van der Waals surface area contributed by atoms with Crippen LogP contribution in [0.2, 0.25) is 0 Å². The van der Waals surface area contributed by atoms with E-state index in [0.29, 0.717) is 0 Å². The molecule has 0 aliphatic heterocycles. The van der Waals surface area contributed by atoms with Crippen LogP contribution in [0.25, 0.3) is 0 Å². The molecule has 1 unspecified atom stereocenters. The predicted octanol–water partition coefficient (Wildman–Crippen LogP) is 0.0310. The summed E-state index contributed by atoms with van der Waals surface area (Å²) in [6, 6.07) is 0. The van der Waals surface area contributed by atoms with Crippen molar-refractivity contribution in [3.05, 3.63) is 17.5 Å². The second-order valence-electron chi connectivity index (χ2n) is 3.00. The molecule has 0 bridgehead atoms. The minimum Gasteiger partial charge on any atom is -0.768 e. The number of benzene rings is 1. The van der Waals surface area contributed by atoms with Crippen LogP contribution in [-0.2, 0) is 21.1 Å². The van der Waals surface area contributed by atoms with Gasteiger partial charge in [0.15, 0.2) is 22.3 Å². The van der Waals surface area contributed by atoms with E-state index in [1.807, 2.05) is 5.32 Å². The minimum atomic E-state index is -4.89. The topological polar surface area (TPSA) is 112 Å². The van der Waals surface area contributed by atoms with E-state index in [9.17, 15) is 30.4 Å². The summed E-state index contributed by atoms with van der Waals surface area (Å²) >= 11 is -3.31. The molecule has 0 aromatic heterocycles. The SMILES string of the molecule is CNc1c(F)c(S(N)(=O)=O)c(F)c(F)c1S(=O)[O-]. The number of rotatable bonds is 3. The molecule has 11 heteroatoms. The maximum absolute atomic E-state index is 13.6. The van der Waals surface area contributed by atoms with E-state index >= 15 is 0 Å². The normalized spacial score (nSPS) is 13.4. The van der Waals surface area contributed by atoms with Gasteiger partial charge >= 0.3 is 0 Å². The Morgan fingerprint density at radius 2 is 1.72 bits per heavy atom. The van der Waals surface area contributed by atoms with Gasteiger partial charge in [0.25, 0.3) is 0 Å². The lowest BCUT2D eigenvalue weighted by Gasteiger charge is -2.16. The third-order valence-corrected chi connectivity index (χ3v) is 3.58. The van der Waals surface area contributed by atoms with Crippen molar-refractivity contribution in [3.63, 3.8) is 0 Å². The van der Waals surface area contributed by atoms with Crippen molar-refractivity contribution >= 4 is 26.8 Å². The van der Waals surface area contributed by atoms with Crippen LogP contribution in [0.4, 0.5) is 18.9 Å². The summed E-state index contributed by atoms with van der Waals surface area (Å²) in [5.74, 6) is -6.02. The fraction of sp³-hybridized carbons (Fsp3) is 0.143. The maximum atomic E-state index is 13.6. The van der Waals surface area contributed by atoms with E-state index in [1.54, 1.807) is 0 Å². The monoisotopic (exact) mass is 303 g/mol. The summed E-state index contributed by atoms with van der Waals surface area (Å²) in [6.07, 6.45) is 0. The lowest BCUT2D eigenvalue weighted by atomic mass is 10.2. The molecule has 102 valence electrons. The average Bonchev–Trinajstić information content (AvgIpc) is 2.20. The molecule has 0 spiro atoms. The van der Waals surface area contributed by atoms with Crippen LogP contribution in [-0.4, -0.2) is 24.2 Å². The van der Waals surface area contributed by atoms with E-state index < -0.39 is 54.0 Å². The van der Waals surface area contributed by atoms with E-state index in [2.05, 4.69) is 5.14 Å². The van der Waals surface area contributed by atoms with Gasteiger partial charge < -0.3 is 9.87 Å². The number of primary sulfonamides is 1. The zero-order valence-corrected chi connectivity index (χ0v) is 10.3. The quantitative estimate of drug-likeness (QED) is 0.604. The van der Waals surface area contributed by atoms with Crippen LogP contribution in [0, 0.1) is 17.5 Å². The first-order valence-corrected chi connectivity index (χ1v) is 6.75. The Balaban J connectivity index is 3.95. The molecule has 0 saturated heterocycles. The van der Waals surface area contributed by atoms with Gasteiger partial charge in [-0.15, -0.1) is 0 Å². The molecule has 18 heavy (non-hydrogen) atoms. The minimum absolute atomic E-state index is 0.999. The van der Waals surface area contributed by atoms with Crippen LogP contribution in [0.5, 0.6) is 0 Å². The zero-order chi connectivity index (χ0) is 14.2. The molecule has 0 amide bonds. The molecule has 1 aromatic rings. The lowest BCUT2D eigenvalue weighted by Crippen LogP contribution is -2.20. The Labute approximate surface area is 102 Å². The molecule has 1 rings (SSSR count). The van der Waals surface area contributed by atoms with Gasteiger partial charge in [-0.3, -0.25) is 4.21 Å². The molecule has 0 saturated carbocycles. The fourth-order valence-electron chi connectivity index (χ4n) is 1.25. The summed E-state index contributed by atoms with van der Waals surface area (Å²) in [6.45, 7) is 0. The summed E-state index contributed by atoms with van der Waals surface area (Å²) in [5, 5.41) is 6.45. The largest absolute Gasteiger partial charge is 0.768 e. The first-order valence-electron chi connectivity index (χ1n) is 4.13. The van der Waals surface area contributed by atoms with Crippen molar-refractivity contribution in [3.8, 4) is 0 Å². The second-order valence-corrected chi connectivity index (χ2v) is 5.38. The first-order chi connectivity index (χ1) is 8.12. The third kappa shape index (κ3) is 2.34. The van der Waals surface area contributed by atoms with Gasteiger partial charge in [-0.25, -0.2) is 26.7 Å². The third-order valence-electron chi connectivity index (χ3n) is 1.94. The van der Waals surface area contributed by atoms with E-state index in [-0.39, 0.29) is 0 Å². The molecular weight excluding hydrogens is 297 g/mol. The van der Waals surface area contributed by atoms with Crippen LogP contribution >= 0.6 is 0 Å². The highest BCUT2D eigenvalue weighted by molar-refractivity contribution is 7.89. The lowest BCUT2D eigenvalue weighted by molar-refractivity contribution is 0.438. The molecule has 1 aromatic carbocycles. The first kappa shape index (κ1) is 14.9. The molecule has 1 atom stereocenters. The molecular formula is C7H6F3N2O4S2-. The Morgan fingerprint density at radius 3 is 2.06 bits per heavy atom. The van der Waals surface area contributed by atoms with Crippen LogP contribution in [0.15, 0.2) is 9.79 Å². The smallest absolute Gasteiger partial charge is 0.244 e. The van der Waals surface area contributed by atoms with Gasteiger partial charge in [0, 0.05) is 7.05 Å². The van der Waals surface area contributed by atoms with E-state index in [1.165, 1.54) is 0 Å². The zero-order valence-electron chi connectivity index (χ0n) is 8.66. The van der Waals surface area contributed by atoms with Crippen molar-refractivity contribution in [2.75, 3.05) is 12.4 Å². The van der Waals surface area contributed by atoms with Crippen LogP contribution in [0.3, 0.4) is 0 Å². The summed E-state index contributed by atoms with van der Waals surface area (Å²) in [4.78, 5) is -3.08. The van der Waals surface area contributed by atoms with Gasteiger partial charge in [0.2, 0.25) is 10.0 Å². The Hall–Kier alpha value is -1.17. The summed E-state index contributed by atoms with van der Waals surface area (Å²) in [5.41, 5.74) is -1.02. The fourth-order valence-corrected chi connectivity index (χ4v) is 2.53. The van der Waals surface area contributed by atoms with Gasteiger partial charge in [0.05, 0.1) is 10.6 Å². The standard InChI is InChI=1S/C7H7F3N2O4S2/c1-12-5-4(10)7(18(11,15)16)3(9)2(8)6(5)17(13)14/h12H,1H3,(H,13,14)(H2,11,15,16)/p-1. The van der Waals surface area contributed by atoms with E-state index in [0.717, 1.165) is 7.05 Å². The van der Waals surface area contributed by atoms with E-state index in [4.69, 9.17) is 0 Å². The molecule has 0 heterocycles. The van der Waals surface area contributed by atoms with Gasteiger partial charge in [-0.1, -0.05) is 0 Å². The molecule has 6 nitrogen and oxygen atoms in total. The Morgan fingerprint density at radius 1 is 1.22 bits per heavy atom. The van der Waals surface area contributed by atoms with Crippen molar-refractivity contribution in [1.29, 1.82) is 0 Å². The number of anilines is 1. The summed E-state index contributed by atoms with van der Waals surface area (Å²) in [7, 11) is -3.89. The van der Waals surface area contributed by atoms with Crippen molar-refractivity contribution in [1.82, 2.24) is 0 Å². The second kappa shape index (κ2) is 4.84. The molecule has 0 aliphatic carbocycles. The highest BCUT2D eigenvalue weighted by Gasteiger charge is 2.30. The maximum Gasteiger partial charge on any atom is 0.244 e.